The van der Waals surface area contributed by atoms with E-state index in [9.17, 15) is 4.79 Å². The Bertz CT molecular complexity index is 79.8. The molecule has 0 aromatic heterocycles. The van der Waals surface area contributed by atoms with Crippen molar-refractivity contribution < 1.29 is 14.5 Å². The van der Waals surface area contributed by atoms with Crippen LogP contribution in [0.15, 0.2) is 0 Å². The molecule has 0 aliphatic rings. The maximum Gasteiger partial charge on any atom is 0.371 e. The maximum atomic E-state index is 10.1. The van der Waals surface area contributed by atoms with E-state index in [0.29, 0.717) is 0 Å². The first-order valence-electron chi connectivity index (χ1n) is 1.88. The number of rotatable bonds is 2. The van der Waals surface area contributed by atoms with E-state index in [2.05, 4.69) is 16.4 Å². The van der Waals surface area contributed by atoms with Gasteiger partial charge in [0.25, 0.3) is 0 Å². The molecule has 0 rings (SSSR count). The summed E-state index contributed by atoms with van der Waals surface area (Å²) in [7, 11) is 1.33. The van der Waals surface area contributed by atoms with E-state index >= 15 is 0 Å². The van der Waals surface area contributed by atoms with Crippen molar-refractivity contribution in [1.29, 1.82) is 0 Å². The molecule has 0 aromatic carbocycles. The number of ether oxygens (including phenoxy) is 1. The van der Waals surface area contributed by atoms with Gasteiger partial charge in [-0.1, -0.05) is 0 Å². The molecule has 0 heterocycles. The standard InChI is InChI=1S/C4H7NO2/c1-5-3-4(6)7-2/h1,3H2,2H3/p+1. The number of methoxy groups -OCH3 is 1. The van der Waals surface area contributed by atoms with Crippen molar-refractivity contribution in [2.45, 2.75) is 0 Å². The lowest BCUT2D eigenvalue weighted by atomic mass is 10.7. The minimum absolute atomic E-state index is 0.177. The molecule has 0 atom stereocenters. The van der Waals surface area contributed by atoms with Crippen LogP contribution in [-0.2, 0) is 9.53 Å². The first-order chi connectivity index (χ1) is 3.31. The van der Waals surface area contributed by atoms with Crippen molar-refractivity contribution in [1.82, 2.24) is 0 Å². The molecule has 1 N–H and O–H groups in total. The van der Waals surface area contributed by atoms with Gasteiger partial charge in [0.15, 0.2) is 0 Å². The summed E-state index contributed by atoms with van der Waals surface area (Å²) >= 11 is 0. The fourth-order valence-corrected chi connectivity index (χ4v) is 0.174. The van der Waals surface area contributed by atoms with Crippen LogP contribution < -0.4 is 4.99 Å². The van der Waals surface area contributed by atoms with Crippen LogP contribution in [-0.4, -0.2) is 26.3 Å². The van der Waals surface area contributed by atoms with Crippen LogP contribution in [0, 0.1) is 0 Å². The second-order valence-corrected chi connectivity index (χ2v) is 1.00. The quantitative estimate of drug-likeness (QED) is 0.322. The highest BCUT2D eigenvalue weighted by Gasteiger charge is 1.96. The van der Waals surface area contributed by atoms with E-state index in [4.69, 9.17) is 0 Å². The highest BCUT2D eigenvalue weighted by molar-refractivity contribution is 5.69. The molecule has 0 amide bonds. The molecule has 0 unspecified atom stereocenters. The summed E-state index contributed by atoms with van der Waals surface area (Å²) in [5.74, 6) is -0.296. The van der Waals surface area contributed by atoms with Gasteiger partial charge >= 0.3 is 5.97 Å². The Morgan fingerprint density at radius 1 is 2.00 bits per heavy atom. The number of esters is 1. The molecule has 3 nitrogen and oxygen atoms in total. The number of hydrogen-bond acceptors (Lipinski definition) is 2. The van der Waals surface area contributed by atoms with Gasteiger partial charge in [0.1, 0.15) is 6.72 Å². The Labute approximate surface area is 42.0 Å². The van der Waals surface area contributed by atoms with Crippen LogP contribution in [0.25, 0.3) is 0 Å². The van der Waals surface area contributed by atoms with Crippen molar-refractivity contribution >= 4 is 12.7 Å². The molecular weight excluding hydrogens is 94.0 g/mol. The van der Waals surface area contributed by atoms with Gasteiger partial charge < -0.3 is 4.74 Å². The molecule has 0 fully saturated rings. The average Bonchev–Trinajstić information content (AvgIpc) is 1.68. The van der Waals surface area contributed by atoms with Crippen molar-refractivity contribution in [3.63, 3.8) is 0 Å². The predicted molar refractivity (Wildman–Crippen MR) is 25.0 cm³/mol. The molecule has 0 saturated heterocycles. The smallest absolute Gasteiger partial charge is 0.371 e. The summed E-state index contributed by atoms with van der Waals surface area (Å²) in [6.45, 7) is 3.40. The Morgan fingerprint density at radius 3 is 2.71 bits per heavy atom. The number of carbonyl (C=O) groups is 1. The predicted octanol–water partition coefficient (Wildman–Crippen LogP) is -2.06. The highest BCUT2D eigenvalue weighted by Crippen LogP contribution is 1.59. The van der Waals surface area contributed by atoms with E-state index in [-0.39, 0.29) is 12.5 Å². The SMILES string of the molecule is C=[NH+]CC(=O)OC. The molecule has 0 spiro atoms. The minimum Gasteiger partial charge on any atom is -0.464 e. The Morgan fingerprint density at radius 2 is 2.57 bits per heavy atom. The summed E-state index contributed by atoms with van der Waals surface area (Å²) in [6, 6.07) is 0. The molecule has 0 radical (unpaired) electrons. The van der Waals surface area contributed by atoms with E-state index < -0.39 is 0 Å². The van der Waals surface area contributed by atoms with E-state index in [1.54, 1.807) is 0 Å². The molecule has 0 aromatic rings. The highest BCUT2D eigenvalue weighted by atomic mass is 16.5. The summed E-state index contributed by atoms with van der Waals surface area (Å²) < 4.78 is 4.25. The topological polar surface area (TPSA) is 40.3 Å². The Kier molecular flexibility index (Phi) is 2.92. The second-order valence-electron chi connectivity index (χ2n) is 1.00. The van der Waals surface area contributed by atoms with Gasteiger partial charge in [-0.05, 0) is 0 Å². The number of carbonyl (C=O) groups excluding carboxylic acids is 1. The van der Waals surface area contributed by atoms with Gasteiger partial charge in [-0.25, -0.2) is 9.79 Å². The lowest BCUT2D eigenvalue weighted by Crippen LogP contribution is -2.68. The molecular formula is C4H8NO2+. The van der Waals surface area contributed by atoms with Crippen molar-refractivity contribution in [2.24, 2.45) is 0 Å². The molecule has 3 heteroatoms. The van der Waals surface area contributed by atoms with Gasteiger partial charge in [0, 0.05) is 0 Å². The molecule has 0 saturated carbocycles. The zero-order valence-corrected chi connectivity index (χ0v) is 4.23. The Hall–Kier alpha value is -0.860. The average molecular weight is 102 g/mol. The van der Waals surface area contributed by atoms with Crippen LogP contribution >= 0.6 is 0 Å². The largest absolute Gasteiger partial charge is 0.464 e. The maximum absolute atomic E-state index is 10.1. The second kappa shape index (κ2) is 3.33. The molecule has 0 aliphatic heterocycles. The molecule has 0 aliphatic carbocycles. The van der Waals surface area contributed by atoms with Gasteiger partial charge in [0.05, 0.1) is 7.11 Å². The first kappa shape index (κ1) is 6.14. The fourth-order valence-electron chi connectivity index (χ4n) is 0.174. The van der Waals surface area contributed by atoms with Crippen molar-refractivity contribution in [3.05, 3.63) is 0 Å². The zero-order chi connectivity index (χ0) is 5.70. The van der Waals surface area contributed by atoms with Crippen LogP contribution in [0.3, 0.4) is 0 Å². The molecule has 40 valence electrons. The van der Waals surface area contributed by atoms with Crippen LogP contribution in [0.2, 0.25) is 0 Å². The number of nitrogens with one attached hydrogen (secondary N) is 1. The molecule has 7 heavy (non-hydrogen) atoms. The monoisotopic (exact) mass is 102 g/mol. The van der Waals surface area contributed by atoms with Gasteiger partial charge in [-0.3, -0.25) is 0 Å². The zero-order valence-electron chi connectivity index (χ0n) is 4.23. The third-order valence-electron chi connectivity index (χ3n) is 0.497. The summed E-state index contributed by atoms with van der Waals surface area (Å²) in [5.41, 5.74) is 0. The van der Waals surface area contributed by atoms with Crippen LogP contribution in [0.5, 0.6) is 0 Å². The first-order valence-corrected chi connectivity index (χ1v) is 1.88. The minimum atomic E-state index is -0.296. The van der Waals surface area contributed by atoms with Gasteiger partial charge in [-0.15, -0.1) is 0 Å². The summed E-state index contributed by atoms with van der Waals surface area (Å²) in [4.78, 5) is 12.5. The van der Waals surface area contributed by atoms with E-state index in [1.165, 1.54) is 7.11 Å². The van der Waals surface area contributed by atoms with Crippen molar-refractivity contribution in [2.75, 3.05) is 13.7 Å². The van der Waals surface area contributed by atoms with E-state index in [0.717, 1.165) is 0 Å². The summed E-state index contributed by atoms with van der Waals surface area (Å²) in [5, 5.41) is 0. The molecule has 0 bridgehead atoms. The van der Waals surface area contributed by atoms with Gasteiger partial charge in [0.2, 0.25) is 6.54 Å². The third-order valence-corrected chi connectivity index (χ3v) is 0.497. The fraction of sp³-hybridized carbons (Fsp3) is 0.500. The van der Waals surface area contributed by atoms with Crippen LogP contribution in [0.1, 0.15) is 0 Å². The third kappa shape index (κ3) is 2.96. The lowest BCUT2D eigenvalue weighted by molar-refractivity contribution is -0.436. The van der Waals surface area contributed by atoms with Gasteiger partial charge in [-0.2, -0.15) is 0 Å². The van der Waals surface area contributed by atoms with E-state index in [1.807, 2.05) is 0 Å². The summed E-state index contributed by atoms with van der Waals surface area (Å²) in [6.07, 6.45) is 0. The Balaban J connectivity index is 3.17. The number of hydrogen-bond donors (Lipinski definition) is 1. The normalized spacial score (nSPS) is 7.57. The van der Waals surface area contributed by atoms with Crippen LogP contribution in [0.4, 0.5) is 0 Å². The van der Waals surface area contributed by atoms with Crippen molar-refractivity contribution in [3.8, 4) is 0 Å². The lowest BCUT2D eigenvalue weighted by Gasteiger charge is -1.84.